The minimum absolute atomic E-state index is 0. The van der Waals surface area contributed by atoms with Crippen LogP contribution in [-0.4, -0.2) is 38.1 Å². The van der Waals surface area contributed by atoms with Gasteiger partial charge in [-0.15, -0.1) is 12.4 Å². The number of anilines is 2. The molecular formula is C15H21ClN4O2. The standard InChI is InChI=1S/C15H20N4O2.ClH/c20-14(11-4-6-16-7-5-11)18-12-2-1-3-13(10-12)19-9-8-17-15(19)21;/h1-3,10-11,16H,4-9H2,(H,17,21)(H,18,20);1H. The molecular weight excluding hydrogens is 304 g/mol. The maximum atomic E-state index is 12.2. The van der Waals surface area contributed by atoms with E-state index >= 15 is 0 Å². The molecule has 2 fully saturated rings. The molecule has 0 atom stereocenters. The molecule has 3 amide bonds. The Balaban J connectivity index is 0.00000176. The van der Waals surface area contributed by atoms with E-state index in [1.165, 1.54) is 0 Å². The number of hydrogen-bond donors (Lipinski definition) is 3. The van der Waals surface area contributed by atoms with Crippen LogP contribution in [0.15, 0.2) is 24.3 Å². The van der Waals surface area contributed by atoms with Crippen LogP contribution in [0.3, 0.4) is 0 Å². The van der Waals surface area contributed by atoms with Crippen LogP contribution in [-0.2, 0) is 4.79 Å². The summed E-state index contributed by atoms with van der Waals surface area (Å²) in [5.41, 5.74) is 1.56. The lowest BCUT2D eigenvalue weighted by Gasteiger charge is -2.22. The van der Waals surface area contributed by atoms with Crippen LogP contribution in [0, 0.1) is 5.92 Å². The third kappa shape index (κ3) is 3.69. The van der Waals surface area contributed by atoms with Crippen LogP contribution < -0.4 is 20.9 Å². The van der Waals surface area contributed by atoms with Crippen LogP contribution in [0.2, 0.25) is 0 Å². The highest BCUT2D eigenvalue weighted by molar-refractivity contribution is 5.96. The highest BCUT2D eigenvalue weighted by Gasteiger charge is 2.23. The maximum Gasteiger partial charge on any atom is 0.321 e. The fourth-order valence-corrected chi connectivity index (χ4v) is 2.80. The summed E-state index contributed by atoms with van der Waals surface area (Å²) in [5.74, 6) is 0.143. The second-order valence-electron chi connectivity index (χ2n) is 5.45. The van der Waals surface area contributed by atoms with Crippen molar-refractivity contribution >= 4 is 35.7 Å². The van der Waals surface area contributed by atoms with Crippen molar-refractivity contribution in [3.05, 3.63) is 24.3 Å². The Bertz CT molecular complexity index is 546. The predicted molar refractivity (Wildman–Crippen MR) is 88.7 cm³/mol. The maximum absolute atomic E-state index is 12.2. The molecule has 0 bridgehead atoms. The van der Waals surface area contributed by atoms with E-state index in [-0.39, 0.29) is 30.3 Å². The molecule has 0 aliphatic carbocycles. The Kier molecular flexibility index (Phi) is 5.63. The van der Waals surface area contributed by atoms with E-state index in [1.54, 1.807) is 4.90 Å². The second-order valence-corrected chi connectivity index (χ2v) is 5.45. The normalized spacial score (nSPS) is 18.5. The molecule has 120 valence electrons. The number of piperidine rings is 1. The smallest absolute Gasteiger partial charge is 0.321 e. The number of nitrogens with zero attached hydrogens (tertiary/aromatic N) is 1. The van der Waals surface area contributed by atoms with Gasteiger partial charge in [-0.1, -0.05) is 6.07 Å². The third-order valence-electron chi connectivity index (χ3n) is 3.99. The number of halogens is 1. The van der Waals surface area contributed by atoms with Gasteiger partial charge in [-0.3, -0.25) is 9.69 Å². The van der Waals surface area contributed by atoms with Gasteiger partial charge in [-0.05, 0) is 44.1 Å². The van der Waals surface area contributed by atoms with Crippen molar-refractivity contribution in [3.8, 4) is 0 Å². The van der Waals surface area contributed by atoms with Crippen LogP contribution in [0.25, 0.3) is 0 Å². The van der Waals surface area contributed by atoms with Gasteiger partial charge in [0, 0.05) is 30.4 Å². The molecule has 2 saturated heterocycles. The molecule has 0 spiro atoms. The Labute approximate surface area is 136 Å². The van der Waals surface area contributed by atoms with Gasteiger partial charge in [-0.25, -0.2) is 4.79 Å². The monoisotopic (exact) mass is 324 g/mol. The topological polar surface area (TPSA) is 73.5 Å². The fourth-order valence-electron chi connectivity index (χ4n) is 2.80. The number of urea groups is 1. The Morgan fingerprint density at radius 3 is 2.68 bits per heavy atom. The summed E-state index contributed by atoms with van der Waals surface area (Å²) in [4.78, 5) is 25.6. The van der Waals surface area contributed by atoms with Gasteiger partial charge in [0.1, 0.15) is 0 Å². The Hall–Kier alpha value is -1.79. The molecule has 3 rings (SSSR count). The van der Waals surface area contributed by atoms with Gasteiger partial charge in [0.2, 0.25) is 5.91 Å². The third-order valence-corrected chi connectivity index (χ3v) is 3.99. The quantitative estimate of drug-likeness (QED) is 0.790. The van der Waals surface area contributed by atoms with Crippen LogP contribution in [0.1, 0.15) is 12.8 Å². The zero-order valence-electron chi connectivity index (χ0n) is 12.3. The summed E-state index contributed by atoms with van der Waals surface area (Å²) in [6, 6.07) is 7.36. The molecule has 22 heavy (non-hydrogen) atoms. The lowest BCUT2D eigenvalue weighted by Crippen LogP contribution is -2.34. The minimum Gasteiger partial charge on any atom is -0.336 e. The van der Waals surface area contributed by atoms with Crippen molar-refractivity contribution in [1.29, 1.82) is 0 Å². The van der Waals surface area contributed by atoms with Crippen molar-refractivity contribution < 1.29 is 9.59 Å². The van der Waals surface area contributed by atoms with Crippen LogP contribution in [0.4, 0.5) is 16.2 Å². The number of benzene rings is 1. The number of nitrogens with one attached hydrogen (secondary N) is 3. The number of carbonyl (C=O) groups is 2. The summed E-state index contributed by atoms with van der Waals surface area (Å²) in [7, 11) is 0. The molecule has 0 saturated carbocycles. The molecule has 2 heterocycles. The van der Waals surface area contributed by atoms with Crippen molar-refractivity contribution in [2.24, 2.45) is 5.92 Å². The average Bonchev–Trinajstić information content (AvgIpc) is 2.94. The molecule has 3 N–H and O–H groups in total. The molecule has 0 aromatic heterocycles. The van der Waals surface area contributed by atoms with Crippen molar-refractivity contribution in [1.82, 2.24) is 10.6 Å². The molecule has 2 aliphatic heterocycles. The first kappa shape index (κ1) is 16.6. The van der Waals surface area contributed by atoms with Gasteiger partial charge in [0.05, 0.1) is 0 Å². The Morgan fingerprint density at radius 1 is 1.23 bits per heavy atom. The summed E-state index contributed by atoms with van der Waals surface area (Å²) in [5, 5.41) is 8.99. The van der Waals surface area contributed by atoms with Gasteiger partial charge in [-0.2, -0.15) is 0 Å². The highest BCUT2D eigenvalue weighted by atomic mass is 35.5. The van der Waals surface area contributed by atoms with Gasteiger partial charge in [0.25, 0.3) is 0 Å². The highest BCUT2D eigenvalue weighted by Crippen LogP contribution is 2.22. The largest absolute Gasteiger partial charge is 0.336 e. The zero-order chi connectivity index (χ0) is 14.7. The van der Waals surface area contributed by atoms with E-state index in [1.807, 2.05) is 24.3 Å². The lowest BCUT2D eigenvalue weighted by molar-refractivity contribution is -0.120. The Morgan fingerprint density at radius 2 is 2.00 bits per heavy atom. The first-order chi connectivity index (χ1) is 10.2. The van der Waals surface area contributed by atoms with Gasteiger partial charge in [0.15, 0.2) is 0 Å². The van der Waals surface area contributed by atoms with Crippen molar-refractivity contribution in [2.75, 3.05) is 36.4 Å². The van der Waals surface area contributed by atoms with E-state index in [4.69, 9.17) is 0 Å². The number of hydrogen-bond acceptors (Lipinski definition) is 3. The van der Waals surface area contributed by atoms with Crippen LogP contribution in [0.5, 0.6) is 0 Å². The SMILES string of the molecule is Cl.O=C(Nc1cccc(N2CCNC2=O)c1)C1CCNCC1. The lowest BCUT2D eigenvalue weighted by atomic mass is 9.97. The molecule has 0 radical (unpaired) electrons. The minimum atomic E-state index is -0.0863. The number of amides is 3. The predicted octanol–water partition coefficient (Wildman–Crippen LogP) is 1.58. The average molecular weight is 325 g/mol. The van der Waals surface area contributed by atoms with Gasteiger partial charge < -0.3 is 16.0 Å². The molecule has 2 aliphatic rings. The molecule has 1 aromatic rings. The number of carbonyl (C=O) groups excluding carboxylic acids is 2. The molecule has 0 unspecified atom stereocenters. The van der Waals surface area contributed by atoms with Crippen molar-refractivity contribution in [3.63, 3.8) is 0 Å². The zero-order valence-corrected chi connectivity index (χ0v) is 13.1. The first-order valence-corrected chi connectivity index (χ1v) is 7.41. The van der Waals surface area contributed by atoms with Crippen LogP contribution >= 0.6 is 12.4 Å². The van der Waals surface area contributed by atoms with Gasteiger partial charge >= 0.3 is 6.03 Å². The van der Waals surface area contributed by atoms with Crippen molar-refractivity contribution in [2.45, 2.75) is 12.8 Å². The summed E-state index contributed by atoms with van der Waals surface area (Å²) in [6.45, 7) is 3.10. The summed E-state index contributed by atoms with van der Waals surface area (Å²) >= 11 is 0. The molecule has 1 aromatic carbocycles. The van der Waals surface area contributed by atoms with E-state index in [0.717, 1.165) is 37.3 Å². The van der Waals surface area contributed by atoms with E-state index in [9.17, 15) is 9.59 Å². The fraction of sp³-hybridized carbons (Fsp3) is 0.467. The molecule has 6 nitrogen and oxygen atoms in total. The number of rotatable bonds is 3. The molecule has 7 heteroatoms. The second kappa shape index (κ2) is 7.47. The first-order valence-electron chi connectivity index (χ1n) is 7.41. The summed E-state index contributed by atoms with van der Waals surface area (Å²) < 4.78 is 0. The van der Waals surface area contributed by atoms with E-state index in [0.29, 0.717) is 13.1 Å². The van der Waals surface area contributed by atoms with E-state index in [2.05, 4.69) is 16.0 Å². The summed E-state index contributed by atoms with van der Waals surface area (Å²) in [6.07, 6.45) is 1.75. The van der Waals surface area contributed by atoms with E-state index < -0.39 is 0 Å².